The van der Waals surface area contributed by atoms with E-state index in [1.807, 2.05) is 35.2 Å². The van der Waals surface area contributed by atoms with E-state index >= 15 is 0 Å². The lowest BCUT2D eigenvalue weighted by atomic mass is 10.1. The van der Waals surface area contributed by atoms with Crippen molar-refractivity contribution in [1.82, 2.24) is 24.5 Å². The number of piperazine rings is 1. The van der Waals surface area contributed by atoms with E-state index in [1.54, 1.807) is 35.9 Å². The Kier molecular flexibility index (Phi) is 7.74. The lowest BCUT2D eigenvalue weighted by Gasteiger charge is -2.33. The number of rotatable bonds is 8. The van der Waals surface area contributed by atoms with Crippen LogP contribution in [0.2, 0.25) is 0 Å². The molecule has 0 aliphatic carbocycles. The number of aromatic nitrogens is 2. The van der Waals surface area contributed by atoms with Crippen LogP contribution in [0.5, 0.6) is 11.5 Å². The van der Waals surface area contributed by atoms with E-state index in [9.17, 15) is 9.59 Å². The van der Waals surface area contributed by atoms with Crippen molar-refractivity contribution >= 4 is 17.9 Å². The van der Waals surface area contributed by atoms with Crippen LogP contribution in [0.3, 0.4) is 0 Å². The fourth-order valence-corrected chi connectivity index (χ4v) is 4.87. The molecule has 1 saturated heterocycles. The van der Waals surface area contributed by atoms with Crippen molar-refractivity contribution in [3.63, 3.8) is 0 Å². The van der Waals surface area contributed by atoms with Crippen LogP contribution in [0.1, 0.15) is 32.1 Å². The number of amides is 2. The van der Waals surface area contributed by atoms with Crippen molar-refractivity contribution in [2.75, 3.05) is 53.5 Å². The molecule has 3 aromatic rings. The van der Waals surface area contributed by atoms with Gasteiger partial charge in [0.05, 0.1) is 20.8 Å². The van der Waals surface area contributed by atoms with Crippen LogP contribution >= 0.6 is 0 Å². The number of ether oxygens (including phenoxy) is 2. The molecule has 2 amide bonds. The van der Waals surface area contributed by atoms with Gasteiger partial charge in [-0.15, -0.1) is 0 Å². The molecule has 2 aliphatic heterocycles. The van der Waals surface area contributed by atoms with Gasteiger partial charge in [0, 0.05) is 57.9 Å². The van der Waals surface area contributed by atoms with Gasteiger partial charge in [-0.2, -0.15) is 5.10 Å². The number of carbonyl (C=O) groups excluding carboxylic acids is 2. The zero-order chi connectivity index (χ0) is 26.5. The molecule has 5 rings (SSSR count). The molecule has 0 spiro atoms. The van der Waals surface area contributed by atoms with Crippen LogP contribution in [-0.4, -0.2) is 89.8 Å². The van der Waals surface area contributed by atoms with Crippen molar-refractivity contribution in [3.8, 4) is 11.5 Å². The van der Waals surface area contributed by atoms with Crippen molar-refractivity contribution in [3.05, 3.63) is 83.2 Å². The van der Waals surface area contributed by atoms with Gasteiger partial charge < -0.3 is 19.3 Å². The fourth-order valence-electron chi connectivity index (χ4n) is 4.87. The summed E-state index contributed by atoms with van der Waals surface area (Å²) < 4.78 is 12.4. The largest absolute Gasteiger partial charge is 0.497 e. The molecule has 38 heavy (non-hydrogen) atoms. The normalized spacial score (nSPS) is 16.1. The van der Waals surface area contributed by atoms with Crippen LogP contribution in [0.4, 0.5) is 0 Å². The quantitative estimate of drug-likeness (QED) is 0.459. The molecular formula is C29H33N5O4. The molecule has 1 fully saturated rings. The van der Waals surface area contributed by atoms with Crippen LogP contribution < -0.4 is 9.47 Å². The highest BCUT2D eigenvalue weighted by molar-refractivity contribution is 5.98. The van der Waals surface area contributed by atoms with Gasteiger partial charge in [-0.1, -0.05) is 42.5 Å². The van der Waals surface area contributed by atoms with Crippen LogP contribution in [0, 0.1) is 0 Å². The minimum atomic E-state index is -0.139. The molecule has 9 heteroatoms. The predicted molar refractivity (Wildman–Crippen MR) is 144 cm³/mol. The summed E-state index contributed by atoms with van der Waals surface area (Å²) in [4.78, 5) is 32.4. The van der Waals surface area contributed by atoms with Gasteiger partial charge >= 0.3 is 0 Å². The number of carbonyl (C=O) groups is 2. The number of hydrogen-bond acceptors (Lipinski definition) is 6. The van der Waals surface area contributed by atoms with Gasteiger partial charge in [-0.05, 0) is 23.3 Å². The lowest BCUT2D eigenvalue weighted by molar-refractivity contribution is 0.0639. The van der Waals surface area contributed by atoms with E-state index in [0.717, 1.165) is 25.2 Å². The first kappa shape index (κ1) is 25.5. The standard InChI is InChI=1S/C29H33N5O4/c1-37-24-17-23(18-25(19-24)38-2)21-33-15-16-34-27(29(33)36)20-26(30-34)28(35)32-13-11-31(12-14-32)10-6-9-22-7-4-3-5-8-22/h3-9,17-20H,10-16,21H2,1-2H3. The zero-order valence-electron chi connectivity index (χ0n) is 21.9. The maximum atomic E-state index is 13.3. The minimum absolute atomic E-state index is 0.122. The Morgan fingerprint density at radius 3 is 2.32 bits per heavy atom. The molecule has 198 valence electrons. The third kappa shape index (κ3) is 5.73. The average molecular weight is 516 g/mol. The highest BCUT2D eigenvalue weighted by Gasteiger charge is 2.30. The van der Waals surface area contributed by atoms with Crippen LogP contribution in [0.25, 0.3) is 6.08 Å². The summed E-state index contributed by atoms with van der Waals surface area (Å²) in [6.45, 7) is 5.19. The van der Waals surface area contributed by atoms with Crippen LogP contribution in [0.15, 0.2) is 60.7 Å². The number of methoxy groups -OCH3 is 2. The first-order valence-corrected chi connectivity index (χ1v) is 12.9. The number of fused-ring (bicyclic) bond motifs is 1. The Bertz CT molecular complexity index is 1290. The maximum absolute atomic E-state index is 13.3. The van der Waals surface area contributed by atoms with Gasteiger partial charge in [0.2, 0.25) is 0 Å². The van der Waals surface area contributed by atoms with Gasteiger partial charge in [0.1, 0.15) is 17.2 Å². The molecule has 0 saturated carbocycles. The summed E-state index contributed by atoms with van der Waals surface area (Å²) in [5.41, 5.74) is 2.87. The zero-order valence-corrected chi connectivity index (χ0v) is 21.9. The smallest absolute Gasteiger partial charge is 0.274 e. The van der Waals surface area contributed by atoms with Gasteiger partial charge in [-0.25, -0.2) is 0 Å². The van der Waals surface area contributed by atoms with Crippen LogP contribution in [-0.2, 0) is 13.1 Å². The second-order valence-corrected chi connectivity index (χ2v) is 9.49. The molecular weight excluding hydrogens is 482 g/mol. The second kappa shape index (κ2) is 11.5. The van der Waals surface area contributed by atoms with E-state index in [4.69, 9.17) is 9.47 Å². The summed E-state index contributed by atoms with van der Waals surface area (Å²) in [6, 6.07) is 17.5. The number of benzene rings is 2. The van der Waals surface area contributed by atoms with Gasteiger partial charge in [0.25, 0.3) is 11.8 Å². The minimum Gasteiger partial charge on any atom is -0.497 e. The number of nitrogens with zero attached hydrogens (tertiary/aromatic N) is 5. The van der Waals surface area contributed by atoms with Crippen molar-refractivity contribution in [2.24, 2.45) is 0 Å². The highest BCUT2D eigenvalue weighted by Crippen LogP contribution is 2.25. The van der Waals surface area contributed by atoms with E-state index < -0.39 is 0 Å². The summed E-state index contributed by atoms with van der Waals surface area (Å²) in [5, 5.41) is 4.49. The topological polar surface area (TPSA) is 80.1 Å². The first-order chi connectivity index (χ1) is 18.5. The maximum Gasteiger partial charge on any atom is 0.274 e. The molecule has 3 heterocycles. The Balaban J connectivity index is 1.18. The van der Waals surface area contributed by atoms with Crippen molar-refractivity contribution < 1.29 is 19.1 Å². The molecule has 2 aromatic carbocycles. The Morgan fingerprint density at radius 2 is 1.63 bits per heavy atom. The Labute approximate surface area is 222 Å². The third-order valence-corrected chi connectivity index (χ3v) is 7.00. The molecule has 0 atom stereocenters. The van der Waals surface area contributed by atoms with Gasteiger partial charge in [-0.3, -0.25) is 19.2 Å². The molecule has 1 aromatic heterocycles. The molecule has 2 aliphatic rings. The molecule has 0 N–H and O–H groups in total. The highest BCUT2D eigenvalue weighted by atomic mass is 16.5. The monoisotopic (exact) mass is 515 g/mol. The first-order valence-electron chi connectivity index (χ1n) is 12.9. The third-order valence-electron chi connectivity index (χ3n) is 7.00. The summed E-state index contributed by atoms with van der Waals surface area (Å²) >= 11 is 0. The second-order valence-electron chi connectivity index (χ2n) is 9.49. The average Bonchev–Trinajstić information content (AvgIpc) is 3.40. The summed E-state index contributed by atoms with van der Waals surface area (Å²) in [6.07, 6.45) is 4.29. The van der Waals surface area contributed by atoms with E-state index in [2.05, 4.69) is 34.3 Å². The van der Waals surface area contributed by atoms with E-state index in [-0.39, 0.29) is 11.8 Å². The Morgan fingerprint density at radius 1 is 0.921 bits per heavy atom. The molecule has 0 bridgehead atoms. The lowest BCUT2D eigenvalue weighted by Crippen LogP contribution is -2.48. The molecule has 0 unspecified atom stereocenters. The van der Waals surface area contributed by atoms with E-state index in [0.29, 0.717) is 55.6 Å². The Hall–Kier alpha value is -4.11. The van der Waals surface area contributed by atoms with Crippen molar-refractivity contribution in [1.29, 1.82) is 0 Å². The molecule has 0 radical (unpaired) electrons. The molecule has 9 nitrogen and oxygen atoms in total. The van der Waals surface area contributed by atoms with Gasteiger partial charge in [0.15, 0.2) is 5.69 Å². The SMILES string of the molecule is COc1cc(CN2CCn3nc(C(=O)N4CCN(CC=Cc5ccccc5)CC4)cc3C2=O)cc(OC)c1. The number of hydrogen-bond donors (Lipinski definition) is 0. The van der Waals surface area contributed by atoms with Crippen molar-refractivity contribution in [2.45, 2.75) is 13.1 Å². The fraction of sp³-hybridized carbons (Fsp3) is 0.345. The van der Waals surface area contributed by atoms with E-state index in [1.165, 1.54) is 5.56 Å². The predicted octanol–water partition coefficient (Wildman–Crippen LogP) is 3.03. The summed E-state index contributed by atoms with van der Waals surface area (Å²) in [7, 11) is 3.20. The summed E-state index contributed by atoms with van der Waals surface area (Å²) in [5.74, 6) is 1.09.